The van der Waals surface area contributed by atoms with Crippen molar-refractivity contribution in [1.29, 1.82) is 0 Å². The average molecular weight is 260 g/mol. The van der Waals surface area contributed by atoms with Crippen LogP contribution in [0.4, 0.5) is 0 Å². The van der Waals surface area contributed by atoms with Gasteiger partial charge in [-0.3, -0.25) is 0 Å². The maximum absolute atomic E-state index is 3.34. The van der Waals surface area contributed by atoms with Gasteiger partial charge in [0, 0.05) is 26.2 Å². The first-order valence-corrected chi connectivity index (χ1v) is 7.60. The molecule has 1 N–H and O–H groups in total. The quantitative estimate of drug-likeness (QED) is 0.810. The Morgan fingerprint density at radius 1 is 1.16 bits per heavy atom. The van der Waals surface area contributed by atoms with E-state index < -0.39 is 0 Å². The van der Waals surface area contributed by atoms with Crippen LogP contribution in [0.3, 0.4) is 0 Å². The molecular weight excluding hydrogens is 232 g/mol. The monoisotopic (exact) mass is 260 g/mol. The van der Waals surface area contributed by atoms with Crippen LogP contribution in [0.2, 0.25) is 0 Å². The topological polar surface area (TPSA) is 15.3 Å². The lowest BCUT2D eigenvalue weighted by Crippen LogP contribution is -2.47. The molecule has 0 unspecified atom stereocenters. The third-order valence-corrected chi connectivity index (χ3v) is 3.89. The van der Waals surface area contributed by atoms with Crippen molar-refractivity contribution in [3.05, 3.63) is 35.4 Å². The highest BCUT2D eigenvalue weighted by molar-refractivity contribution is 5.23. The van der Waals surface area contributed by atoms with Crippen LogP contribution in [0.15, 0.2) is 24.3 Å². The first kappa shape index (κ1) is 14.5. The van der Waals surface area contributed by atoms with E-state index in [1.165, 1.54) is 50.1 Å². The van der Waals surface area contributed by atoms with Crippen LogP contribution in [0, 0.1) is 11.8 Å². The van der Waals surface area contributed by atoms with Crippen LogP contribution in [0.5, 0.6) is 0 Å². The van der Waals surface area contributed by atoms with Crippen molar-refractivity contribution in [3.8, 4) is 0 Å². The maximum atomic E-state index is 3.34. The Hall–Kier alpha value is -0.860. The molecule has 1 fully saturated rings. The van der Waals surface area contributed by atoms with Gasteiger partial charge in [-0.25, -0.2) is 0 Å². The van der Waals surface area contributed by atoms with E-state index in [-0.39, 0.29) is 0 Å². The van der Waals surface area contributed by atoms with E-state index in [1.807, 2.05) is 0 Å². The highest BCUT2D eigenvalue weighted by atomic mass is 15.1. The summed E-state index contributed by atoms with van der Waals surface area (Å²) in [6, 6.07) is 9.20. The molecule has 1 heterocycles. The standard InChI is InChI=1S/C17H28N2/c1-14(2)10-16-6-4-15(5-7-16)8-9-19(3)13-17-11-18-12-17/h4-7,14,17-18H,8-13H2,1-3H3. The summed E-state index contributed by atoms with van der Waals surface area (Å²) >= 11 is 0. The van der Waals surface area contributed by atoms with Crippen LogP contribution in [0.1, 0.15) is 25.0 Å². The summed E-state index contributed by atoms with van der Waals surface area (Å²) in [4.78, 5) is 2.47. The molecule has 1 aliphatic rings. The minimum absolute atomic E-state index is 0.744. The Bertz CT molecular complexity index is 365. The van der Waals surface area contributed by atoms with E-state index in [0.717, 1.165) is 11.8 Å². The summed E-state index contributed by atoms with van der Waals surface area (Å²) in [6.07, 6.45) is 2.35. The van der Waals surface area contributed by atoms with E-state index in [0.29, 0.717) is 0 Å². The summed E-state index contributed by atoms with van der Waals surface area (Å²) in [7, 11) is 2.24. The number of hydrogen-bond donors (Lipinski definition) is 1. The van der Waals surface area contributed by atoms with E-state index in [9.17, 15) is 0 Å². The van der Waals surface area contributed by atoms with E-state index >= 15 is 0 Å². The number of hydrogen-bond acceptors (Lipinski definition) is 2. The predicted octanol–water partition coefficient (Wildman–Crippen LogP) is 2.58. The molecule has 0 spiro atoms. The fourth-order valence-electron chi connectivity index (χ4n) is 2.64. The van der Waals surface area contributed by atoms with Gasteiger partial charge in [-0.05, 0) is 42.9 Å². The smallest absolute Gasteiger partial charge is 0.00311 e. The molecule has 19 heavy (non-hydrogen) atoms. The fourth-order valence-corrected chi connectivity index (χ4v) is 2.64. The van der Waals surface area contributed by atoms with Crippen molar-refractivity contribution >= 4 is 0 Å². The number of rotatable bonds is 7. The summed E-state index contributed by atoms with van der Waals surface area (Å²) < 4.78 is 0. The van der Waals surface area contributed by atoms with Gasteiger partial charge in [-0.15, -0.1) is 0 Å². The first-order chi connectivity index (χ1) is 9.13. The second kappa shape index (κ2) is 7.06. The zero-order chi connectivity index (χ0) is 13.7. The second-order valence-electron chi connectivity index (χ2n) is 6.45. The van der Waals surface area contributed by atoms with Gasteiger partial charge in [0.15, 0.2) is 0 Å². The molecule has 0 saturated carbocycles. The summed E-state index contributed by atoms with van der Waals surface area (Å²) in [5.41, 5.74) is 2.93. The maximum Gasteiger partial charge on any atom is 0.00311 e. The molecule has 2 heteroatoms. The van der Waals surface area contributed by atoms with E-state index in [2.05, 4.69) is 55.4 Å². The SMILES string of the molecule is CC(C)Cc1ccc(CCN(C)CC2CNC2)cc1. The summed E-state index contributed by atoms with van der Waals surface area (Å²) in [5, 5.41) is 3.34. The molecule has 2 nitrogen and oxygen atoms in total. The van der Waals surface area contributed by atoms with Crippen LogP contribution in [0.25, 0.3) is 0 Å². The Morgan fingerprint density at radius 2 is 1.79 bits per heavy atom. The number of nitrogens with zero attached hydrogens (tertiary/aromatic N) is 1. The molecule has 0 aliphatic carbocycles. The lowest BCUT2D eigenvalue weighted by molar-refractivity contribution is 0.226. The molecule has 0 amide bonds. The van der Waals surface area contributed by atoms with Crippen molar-refractivity contribution < 1.29 is 0 Å². The molecule has 2 rings (SSSR count). The fraction of sp³-hybridized carbons (Fsp3) is 0.647. The van der Waals surface area contributed by atoms with Gasteiger partial charge < -0.3 is 10.2 Å². The molecule has 1 aromatic carbocycles. The number of likely N-dealkylation sites (N-methyl/N-ethyl adjacent to an activating group) is 1. The van der Waals surface area contributed by atoms with Gasteiger partial charge in [0.2, 0.25) is 0 Å². The molecule has 0 atom stereocenters. The van der Waals surface area contributed by atoms with Crippen molar-refractivity contribution in [2.75, 3.05) is 33.2 Å². The third kappa shape index (κ3) is 4.96. The van der Waals surface area contributed by atoms with E-state index in [1.54, 1.807) is 0 Å². The van der Waals surface area contributed by atoms with Gasteiger partial charge in [0.05, 0.1) is 0 Å². The lowest BCUT2D eigenvalue weighted by Gasteiger charge is -2.31. The molecule has 1 saturated heterocycles. The van der Waals surface area contributed by atoms with Gasteiger partial charge in [-0.1, -0.05) is 38.1 Å². The number of benzene rings is 1. The first-order valence-electron chi connectivity index (χ1n) is 7.60. The van der Waals surface area contributed by atoms with Crippen molar-refractivity contribution in [2.24, 2.45) is 11.8 Å². The highest BCUT2D eigenvalue weighted by Gasteiger charge is 2.17. The second-order valence-corrected chi connectivity index (χ2v) is 6.45. The largest absolute Gasteiger partial charge is 0.316 e. The molecular formula is C17H28N2. The Kier molecular flexibility index (Phi) is 5.41. The molecule has 1 aliphatic heterocycles. The van der Waals surface area contributed by atoms with Crippen LogP contribution < -0.4 is 5.32 Å². The molecule has 106 valence electrons. The van der Waals surface area contributed by atoms with Gasteiger partial charge in [-0.2, -0.15) is 0 Å². The average Bonchev–Trinajstić information content (AvgIpc) is 2.32. The van der Waals surface area contributed by atoms with Gasteiger partial charge >= 0.3 is 0 Å². The predicted molar refractivity (Wildman–Crippen MR) is 82.5 cm³/mol. The lowest BCUT2D eigenvalue weighted by atomic mass is 10.0. The van der Waals surface area contributed by atoms with Crippen molar-refractivity contribution in [2.45, 2.75) is 26.7 Å². The van der Waals surface area contributed by atoms with Gasteiger partial charge in [0.1, 0.15) is 0 Å². The molecule has 1 aromatic rings. The Labute approximate surface area is 118 Å². The third-order valence-electron chi connectivity index (χ3n) is 3.89. The normalized spacial score (nSPS) is 16.1. The molecule has 0 aromatic heterocycles. The van der Waals surface area contributed by atoms with E-state index in [4.69, 9.17) is 0 Å². The zero-order valence-electron chi connectivity index (χ0n) is 12.7. The van der Waals surface area contributed by atoms with Crippen LogP contribution in [-0.4, -0.2) is 38.1 Å². The van der Waals surface area contributed by atoms with Gasteiger partial charge in [0.25, 0.3) is 0 Å². The van der Waals surface area contributed by atoms with Crippen LogP contribution in [-0.2, 0) is 12.8 Å². The summed E-state index contributed by atoms with van der Waals surface area (Å²) in [5.74, 6) is 1.62. The zero-order valence-corrected chi connectivity index (χ0v) is 12.7. The number of nitrogens with one attached hydrogen (secondary N) is 1. The highest BCUT2D eigenvalue weighted by Crippen LogP contribution is 2.11. The van der Waals surface area contributed by atoms with Crippen molar-refractivity contribution in [1.82, 2.24) is 10.2 Å². The molecule has 0 bridgehead atoms. The van der Waals surface area contributed by atoms with Crippen LogP contribution >= 0.6 is 0 Å². The Balaban J connectivity index is 1.72. The summed E-state index contributed by atoms with van der Waals surface area (Å²) in [6.45, 7) is 9.36. The van der Waals surface area contributed by atoms with Crippen molar-refractivity contribution in [3.63, 3.8) is 0 Å². The Morgan fingerprint density at radius 3 is 2.32 bits per heavy atom. The minimum Gasteiger partial charge on any atom is -0.316 e. The molecule has 0 radical (unpaired) electrons. The minimum atomic E-state index is 0.744.